The molecule has 0 fully saturated rings. The van der Waals surface area contributed by atoms with Gasteiger partial charge in [0, 0.05) is 13.5 Å². The van der Waals surface area contributed by atoms with Gasteiger partial charge in [0.25, 0.3) is 12.1 Å². The maximum atomic E-state index is 12.2. The van der Waals surface area contributed by atoms with Crippen molar-refractivity contribution in [2.45, 2.75) is 33.4 Å². The molecular weight excluding hydrogens is 282 g/mol. The molecule has 0 aromatic heterocycles. The van der Waals surface area contributed by atoms with Gasteiger partial charge in [0.1, 0.15) is 0 Å². The lowest BCUT2D eigenvalue weighted by molar-refractivity contribution is -0.146. The molecule has 6 heteroatoms. The fourth-order valence-electron chi connectivity index (χ4n) is 2.01. The number of carbonyl (C=O) groups excluding carboxylic acids is 2. The number of hydrogen-bond acceptors (Lipinski definition) is 4. The maximum Gasteiger partial charge on any atom is 0.284 e. The van der Waals surface area contributed by atoms with E-state index in [0.29, 0.717) is 24.8 Å². The van der Waals surface area contributed by atoms with Crippen LogP contribution in [-0.2, 0) is 20.7 Å². The van der Waals surface area contributed by atoms with Crippen LogP contribution in [-0.4, -0.2) is 35.5 Å². The fraction of sp³-hybridized carbons (Fsp3) is 0.438. The lowest BCUT2D eigenvalue weighted by Crippen LogP contribution is -2.46. The van der Waals surface area contributed by atoms with Gasteiger partial charge in [0.05, 0.1) is 6.42 Å². The Morgan fingerprint density at radius 3 is 2.59 bits per heavy atom. The van der Waals surface area contributed by atoms with E-state index in [1.807, 2.05) is 44.2 Å². The number of rotatable bonds is 5. The summed E-state index contributed by atoms with van der Waals surface area (Å²) in [5, 5.41) is 7.98. The Bertz CT molecular complexity index is 569. The molecule has 1 aliphatic heterocycles. The van der Waals surface area contributed by atoms with Gasteiger partial charge in [-0.1, -0.05) is 44.2 Å². The van der Waals surface area contributed by atoms with Crippen LogP contribution < -0.4 is 5.32 Å². The number of hydrogen-bond donors (Lipinski definition) is 1. The molecule has 0 bridgehead atoms. The summed E-state index contributed by atoms with van der Waals surface area (Å²) in [5.41, 5.74) is 1.01. The van der Waals surface area contributed by atoms with Gasteiger partial charge in [-0.05, 0) is 11.5 Å². The second-order valence-corrected chi connectivity index (χ2v) is 5.63. The predicted octanol–water partition coefficient (Wildman–Crippen LogP) is 1.52. The average Bonchev–Trinajstić information content (AvgIpc) is 2.90. The molecule has 2 amide bonds. The Hall–Kier alpha value is -2.37. The molecule has 0 saturated carbocycles. The van der Waals surface area contributed by atoms with Gasteiger partial charge < -0.3 is 10.1 Å². The van der Waals surface area contributed by atoms with Crippen molar-refractivity contribution in [3.63, 3.8) is 0 Å². The van der Waals surface area contributed by atoms with Crippen molar-refractivity contribution >= 4 is 17.7 Å². The second-order valence-electron chi connectivity index (χ2n) is 5.63. The number of benzene rings is 1. The summed E-state index contributed by atoms with van der Waals surface area (Å²) < 4.78 is 5.58. The third kappa shape index (κ3) is 4.07. The molecule has 1 unspecified atom stereocenters. The van der Waals surface area contributed by atoms with Crippen LogP contribution in [0.2, 0.25) is 0 Å². The molecule has 2 rings (SSSR count). The summed E-state index contributed by atoms with van der Waals surface area (Å²) in [6.45, 7) is 5.88. The molecule has 0 spiro atoms. The first-order chi connectivity index (χ1) is 10.5. The molecule has 1 atom stereocenters. The van der Waals surface area contributed by atoms with Gasteiger partial charge in [-0.2, -0.15) is 5.01 Å². The standard InChI is InChI=1S/C16H21N3O3/c1-11(2)10-17-15(21)16-19(12(3)20)18-14(22-16)9-13-7-5-4-6-8-13/h4-8,11,16H,9-10H2,1-3H3,(H,17,21). The molecule has 1 N–H and O–H groups in total. The highest BCUT2D eigenvalue weighted by Crippen LogP contribution is 2.16. The Balaban J connectivity index is 2.04. The molecule has 0 radical (unpaired) electrons. The van der Waals surface area contributed by atoms with E-state index in [1.54, 1.807) is 0 Å². The molecule has 22 heavy (non-hydrogen) atoms. The van der Waals surface area contributed by atoms with Crippen LogP contribution in [0.25, 0.3) is 0 Å². The summed E-state index contributed by atoms with van der Waals surface area (Å²) in [7, 11) is 0. The monoisotopic (exact) mass is 303 g/mol. The first-order valence-electron chi connectivity index (χ1n) is 7.33. The lowest BCUT2D eigenvalue weighted by atomic mass is 10.1. The molecular formula is C16H21N3O3. The van der Waals surface area contributed by atoms with Gasteiger partial charge in [-0.25, -0.2) is 0 Å². The van der Waals surface area contributed by atoms with Crippen LogP contribution in [0.1, 0.15) is 26.3 Å². The number of carbonyl (C=O) groups is 2. The summed E-state index contributed by atoms with van der Waals surface area (Å²) in [4.78, 5) is 23.8. The third-order valence-electron chi connectivity index (χ3n) is 3.12. The van der Waals surface area contributed by atoms with E-state index in [0.717, 1.165) is 10.6 Å². The van der Waals surface area contributed by atoms with E-state index in [4.69, 9.17) is 4.74 Å². The smallest absolute Gasteiger partial charge is 0.284 e. The van der Waals surface area contributed by atoms with E-state index in [1.165, 1.54) is 6.92 Å². The molecule has 0 aliphatic carbocycles. The number of hydrazone groups is 1. The van der Waals surface area contributed by atoms with Crippen LogP contribution in [0.4, 0.5) is 0 Å². The zero-order chi connectivity index (χ0) is 16.1. The number of nitrogens with zero attached hydrogens (tertiary/aromatic N) is 2. The minimum Gasteiger partial charge on any atom is -0.444 e. The van der Waals surface area contributed by atoms with Gasteiger partial charge in [0.15, 0.2) is 0 Å². The highest BCUT2D eigenvalue weighted by Gasteiger charge is 2.36. The molecule has 1 aromatic rings. The third-order valence-corrected chi connectivity index (χ3v) is 3.12. The minimum absolute atomic E-state index is 0.320. The quantitative estimate of drug-likeness (QED) is 0.896. The average molecular weight is 303 g/mol. The van der Waals surface area contributed by atoms with Crippen molar-refractivity contribution in [2.24, 2.45) is 11.0 Å². The van der Waals surface area contributed by atoms with Crippen molar-refractivity contribution in [3.8, 4) is 0 Å². The van der Waals surface area contributed by atoms with Gasteiger partial charge in [-0.15, -0.1) is 5.10 Å². The fourth-order valence-corrected chi connectivity index (χ4v) is 2.01. The molecule has 0 saturated heterocycles. The molecule has 1 aliphatic rings. The van der Waals surface area contributed by atoms with Crippen molar-refractivity contribution < 1.29 is 14.3 Å². The summed E-state index contributed by atoms with van der Waals surface area (Å²) in [6.07, 6.45) is -0.576. The van der Waals surface area contributed by atoms with Crippen LogP contribution >= 0.6 is 0 Å². The van der Waals surface area contributed by atoms with E-state index in [9.17, 15) is 9.59 Å². The minimum atomic E-state index is -1.02. The Kier molecular flexibility index (Phi) is 5.14. The number of nitrogens with one attached hydrogen (secondary N) is 1. The predicted molar refractivity (Wildman–Crippen MR) is 82.8 cm³/mol. The molecule has 6 nitrogen and oxygen atoms in total. The maximum absolute atomic E-state index is 12.2. The molecule has 1 aromatic carbocycles. The van der Waals surface area contributed by atoms with Gasteiger partial charge in [-0.3, -0.25) is 9.59 Å². The zero-order valence-electron chi connectivity index (χ0n) is 13.1. The Morgan fingerprint density at radius 2 is 2.00 bits per heavy atom. The highest BCUT2D eigenvalue weighted by molar-refractivity contribution is 5.92. The topological polar surface area (TPSA) is 71.0 Å². The normalized spacial score (nSPS) is 17.2. The zero-order valence-corrected chi connectivity index (χ0v) is 13.1. The van der Waals surface area contributed by atoms with Crippen molar-refractivity contribution in [3.05, 3.63) is 35.9 Å². The Morgan fingerprint density at radius 1 is 1.32 bits per heavy atom. The van der Waals surface area contributed by atoms with E-state index < -0.39 is 6.23 Å². The van der Waals surface area contributed by atoms with E-state index in [-0.39, 0.29) is 11.8 Å². The SMILES string of the molecule is CC(=O)N1N=C(Cc2ccccc2)OC1C(=O)NCC(C)C. The number of ether oxygens (including phenoxy) is 1. The number of amides is 2. The molecule has 118 valence electrons. The second kappa shape index (κ2) is 7.06. The molecule has 1 heterocycles. The summed E-state index contributed by atoms with van der Waals surface area (Å²) in [6, 6.07) is 9.64. The first-order valence-corrected chi connectivity index (χ1v) is 7.33. The van der Waals surface area contributed by atoms with Gasteiger partial charge >= 0.3 is 0 Å². The Labute approximate surface area is 130 Å². The van der Waals surface area contributed by atoms with E-state index >= 15 is 0 Å². The van der Waals surface area contributed by atoms with Crippen molar-refractivity contribution in [1.82, 2.24) is 10.3 Å². The van der Waals surface area contributed by atoms with Crippen molar-refractivity contribution in [2.75, 3.05) is 6.54 Å². The summed E-state index contributed by atoms with van der Waals surface area (Å²) >= 11 is 0. The van der Waals surface area contributed by atoms with Crippen LogP contribution in [0.5, 0.6) is 0 Å². The van der Waals surface area contributed by atoms with E-state index in [2.05, 4.69) is 10.4 Å². The van der Waals surface area contributed by atoms with Crippen LogP contribution in [0.15, 0.2) is 35.4 Å². The first kappa shape index (κ1) is 16.0. The van der Waals surface area contributed by atoms with Crippen LogP contribution in [0.3, 0.4) is 0 Å². The highest BCUT2D eigenvalue weighted by atomic mass is 16.5. The summed E-state index contributed by atoms with van der Waals surface area (Å²) in [5.74, 6) is 0.00964. The van der Waals surface area contributed by atoms with Gasteiger partial charge in [0.2, 0.25) is 11.8 Å². The van der Waals surface area contributed by atoms with Crippen LogP contribution in [0, 0.1) is 5.92 Å². The largest absolute Gasteiger partial charge is 0.444 e. The van der Waals surface area contributed by atoms with Crippen molar-refractivity contribution in [1.29, 1.82) is 0 Å². The lowest BCUT2D eigenvalue weighted by Gasteiger charge is -2.18.